The van der Waals surface area contributed by atoms with Gasteiger partial charge in [0.15, 0.2) is 0 Å². The average molecular weight is 390 g/mol. The average Bonchev–Trinajstić information content (AvgIpc) is 3.23. The fourth-order valence-corrected chi connectivity index (χ4v) is 5.11. The Morgan fingerprint density at radius 1 is 1.03 bits per heavy atom. The molecular formula is C25H31N3O. The molecule has 3 heterocycles. The summed E-state index contributed by atoms with van der Waals surface area (Å²) in [6, 6.07) is 17.8. The number of benzene rings is 2. The molecule has 0 N–H and O–H groups in total. The SMILES string of the molecule is CCCN1CCC2(CC1)Oc1ccccc1C1CC(c3ccc(CC)cc3)=NN12. The number of hydrogen-bond donors (Lipinski definition) is 0. The molecule has 2 aromatic carbocycles. The van der Waals surface area contributed by atoms with Gasteiger partial charge in [-0.2, -0.15) is 5.10 Å². The van der Waals surface area contributed by atoms with Crippen molar-refractivity contribution >= 4 is 5.71 Å². The van der Waals surface area contributed by atoms with Crippen LogP contribution < -0.4 is 4.74 Å². The maximum absolute atomic E-state index is 6.71. The van der Waals surface area contributed by atoms with Gasteiger partial charge in [-0.3, -0.25) is 0 Å². The van der Waals surface area contributed by atoms with E-state index in [9.17, 15) is 0 Å². The van der Waals surface area contributed by atoms with Gasteiger partial charge in [-0.15, -0.1) is 0 Å². The number of para-hydroxylation sites is 1. The van der Waals surface area contributed by atoms with Crippen molar-refractivity contribution in [1.82, 2.24) is 9.91 Å². The fourth-order valence-electron chi connectivity index (χ4n) is 5.11. The number of rotatable bonds is 4. The van der Waals surface area contributed by atoms with Crippen LogP contribution in [-0.2, 0) is 6.42 Å². The summed E-state index contributed by atoms with van der Waals surface area (Å²) in [6.45, 7) is 7.79. The smallest absolute Gasteiger partial charge is 0.200 e. The molecule has 0 aliphatic carbocycles. The summed E-state index contributed by atoms with van der Waals surface area (Å²) in [4.78, 5) is 2.56. The monoisotopic (exact) mass is 389 g/mol. The normalized spacial score (nSPS) is 22.8. The highest BCUT2D eigenvalue weighted by Gasteiger charge is 2.51. The summed E-state index contributed by atoms with van der Waals surface area (Å²) < 4.78 is 6.71. The Balaban J connectivity index is 1.49. The summed E-state index contributed by atoms with van der Waals surface area (Å²) in [7, 11) is 0. The number of piperidine rings is 1. The molecule has 0 saturated carbocycles. The topological polar surface area (TPSA) is 28.1 Å². The first-order chi connectivity index (χ1) is 14.2. The Morgan fingerprint density at radius 3 is 2.52 bits per heavy atom. The minimum absolute atomic E-state index is 0.276. The molecule has 1 unspecified atom stereocenters. The van der Waals surface area contributed by atoms with Gasteiger partial charge in [0.05, 0.1) is 11.8 Å². The second kappa shape index (κ2) is 7.49. The van der Waals surface area contributed by atoms with Crippen molar-refractivity contribution < 1.29 is 4.74 Å². The predicted molar refractivity (Wildman–Crippen MR) is 117 cm³/mol. The first-order valence-electron chi connectivity index (χ1n) is 11.2. The number of likely N-dealkylation sites (tertiary alicyclic amines) is 1. The highest BCUT2D eigenvalue weighted by atomic mass is 16.5. The Labute approximate surface area is 174 Å². The van der Waals surface area contributed by atoms with Gasteiger partial charge in [0, 0.05) is 37.9 Å². The van der Waals surface area contributed by atoms with Crippen molar-refractivity contribution in [1.29, 1.82) is 0 Å². The quantitative estimate of drug-likeness (QED) is 0.737. The van der Waals surface area contributed by atoms with Crippen LogP contribution in [0.3, 0.4) is 0 Å². The highest BCUT2D eigenvalue weighted by Crippen LogP contribution is 2.49. The molecule has 1 fully saturated rings. The summed E-state index contributed by atoms with van der Waals surface area (Å²) in [6.07, 6.45) is 5.23. The molecule has 0 bridgehead atoms. The molecule has 0 aromatic heterocycles. The molecule has 3 aliphatic heterocycles. The van der Waals surface area contributed by atoms with E-state index in [0.717, 1.165) is 44.5 Å². The minimum Gasteiger partial charge on any atom is -0.466 e. The molecule has 1 atom stereocenters. The van der Waals surface area contributed by atoms with Gasteiger partial charge in [-0.25, -0.2) is 5.01 Å². The number of nitrogens with zero attached hydrogens (tertiary/aromatic N) is 3. The van der Waals surface area contributed by atoms with Crippen molar-refractivity contribution in [3.8, 4) is 5.75 Å². The maximum atomic E-state index is 6.71. The van der Waals surface area contributed by atoms with E-state index in [2.05, 4.69) is 72.3 Å². The third-order valence-corrected chi connectivity index (χ3v) is 6.78. The number of hydrazone groups is 1. The van der Waals surface area contributed by atoms with Crippen molar-refractivity contribution in [3.05, 3.63) is 65.2 Å². The van der Waals surface area contributed by atoms with Crippen molar-refractivity contribution in [3.63, 3.8) is 0 Å². The van der Waals surface area contributed by atoms with Gasteiger partial charge in [0.1, 0.15) is 5.75 Å². The van der Waals surface area contributed by atoms with Crippen LogP contribution in [0.25, 0.3) is 0 Å². The van der Waals surface area contributed by atoms with E-state index in [1.165, 1.54) is 35.4 Å². The van der Waals surface area contributed by atoms with Crippen molar-refractivity contribution in [2.24, 2.45) is 5.10 Å². The molecule has 0 amide bonds. The van der Waals surface area contributed by atoms with E-state index < -0.39 is 0 Å². The largest absolute Gasteiger partial charge is 0.466 e. The number of fused-ring (bicyclic) bond motifs is 4. The van der Waals surface area contributed by atoms with Crippen LogP contribution in [0.15, 0.2) is 53.6 Å². The second-order valence-electron chi connectivity index (χ2n) is 8.59. The first kappa shape index (κ1) is 18.7. The van der Waals surface area contributed by atoms with E-state index in [4.69, 9.17) is 9.84 Å². The van der Waals surface area contributed by atoms with Gasteiger partial charge in [0.25, 0.3) is 0 Å². The minimum atomic E-state index is -0.311. The molecule has 5 rings (SSSR count). The molecule has 4 heteroatoms. The van der Waals surface area contributed by atoms with Gasteiger partial charge < -0.3 is 9.64 Å². The van der Waals surface area contributed by atoms with E-state index in [1.54, 1.807) is 0 Å². The van der Waals surface area contributed by atoms with E-state index in [-0.39, 0.29) is 11.8 Å². The predicted octanol–water partition coefficient (Wildman–Crippen LogP) is 4.99. The molecule has 1 spiro atoms. The molecule has 152 valence electrons. The number of aryl methyl sites for hydroxylation is 1. The molecule has 3 aliphatic rings. The maximum Gasteiger partial charge on any atom is 0.200 e. The standard InChI is InChI=1S/C25H31N3O/c1-3-15-27-16-13-25(14-17-27)28-23(21-7-5-6-8-24(21)29-25)18-22(26-28)20-11-9-19(4-2)10-12-20/h5-12,23H,3-4,13-18H2,1-2H3. The summed E-state index contributed by atoms with van der Waals surface area (Å²) >= 11 is 0. The first-order valence-corrected chi connectivity index (χ1v) is 11.2. The van der Waals surface area contributed by atoms with Crippen LogP contribution in [0.2, 0.25) is 0 Å². The van der Waals surface area contributed by atoms with Crippen LogP contribution in [0.4, 0.5) is 0 Å². The number of hydrogen-bond acceptors (Lipinski definition) is 4. The lowest BCUT2D eigenvalue weighted by molar-refractivity contribution is -0.149. The second-order valence-corrected chi connectivity index (χ2v) is 8.59. The molecular weight excluding hydrogens is 358 g/mol. The van der Waals surface area contributed by atoms with Crippen molar-refractivity contribution in [2.75, 3.05) is 19.6 Å². The summed E-state index contributed by atoms with van der Waals surface area (Å²) in [5, 5.41) is 7.51. The van der Waals surface area contributed by atoms with Crippen LogP contribution in [0.1, 0.15) is 62.3 Å². The van der Waals surface area contributed by atoms with E-state index in [1.807, 2.05) is 0 Å². The Hall–Kier alpha value is -2.33. The fraction of sp³-hybridized carbons (Fsp3) is 0.480. The van der Waals surface area contributed by atoms with Crippen LogP contribution in [-0.4, -0.2) is 41.0 Å². The Bertz CT molecular complexity index is 897. The van der Waals surface area contributed by atoms with Gasteiger partial charge >= 0.3 is 0 Å². The zero-order valence-electron chi connectivity index (χ0n) is 17.6. The lowest BCUT2D eigenvalue weighted by Crippen LogP contribution is -2.59. The lowest BCUT2D eigenvalue weighted by Gasteiger charge is -2.51. The van der Waals surface area contributed by atoms with Crippen LogP contribution in [0, 0.1) is 0 Å². The zero-order chi connectivity index (χ0) is 19.8. The third kappa shape index (κ3) is 3.24. The van der Waals surface area contributed by atoms with Gasteiger partial charge in [-0.1, -0.05) is 56.3 Å². The third-order valence-electron chi connectivity index (χ3n) is 6.78. The summed E-state index contributed by atoms with van der Waals surface area (Å²) in [5.74, 6) is 1.05. The molecule has 2 aromatic rings. The Morgan fingerprint density at radius 2 is 1.79 bits per heavy atom. The Kier molecular flexibility index (Phi) is 4.83. The molecule has 0 radical (unpaired) electrons. The molecule has 1 saturated heterocycles. The van der Waals surface area contributed by atoms with Crippen LogP contribution in [0.5, 0.6) is 5.75 Å². The zero-order valence-corrected chi connectivity index (χ0v) is 17.6. The molecule has 29 heavy (non-hydrogen) atoms. The molecule has 4 nitrogen and oxygen atoms in total. The summed E-state index contributed by atoms with van der Waals surface area (Å²) in [5.41, 5.74) is 4.77. The van der Waals surface area contributed by atoms with Crippen LogP contribution >= 0.6 is 0 Å². The van der Waals surface area contributed by atoms with Gasteiger partial charge in [-0.05, 0) is 36.6 Å². The number of ether oxygens (including phenoxy) is 1. The van der Waals surface area contributed by atoms with Gasteiger partial charge in [0.2, 0.25) is 5.72 Å². The van der Waals surface area contributed by atoms with Crippen molar-refractivity contribution in [2.45, 2.75) is 57.7 Å². The van der Waals surface area contributed by atoms with E-state index >= 15 is 0 Å². The lowest BCUT2D eigenvalue weighted by atomic mass is 9.90. The highest BCUT2D eigenvalue weighted by molar-refractivity contribution is 6.02. The van der Waals surface area contributed by atoms with E-state index in [0.29, 0.717) is 0 Å².